The maximum atomic E-state index is 6.43. The molecule has 2 aliphatic heterocycles. The van der Waals surface area contributed by atoms with Gasteiger partial charge in [0, 0.05) is 20.9 Å². The van der Waals surface area contributed by atoms with Crippen molar-refractivity contribution in [1.29, 1.82) is 0 Å². The first-order chi connectivity index (χ1) is 17.1. The Balaban J connectivity index is 1.43. The van der Waals surface area contributed by atoms with Gasteiger partial charge in [-0.1, -0.05) is 48.2 Å². The number of ether oxygens (including phenoxy) is 1. The second-order valence-electron chi connectivity index (χ2n) is 11.5. The molecule has 6 rings (SSSR count). The van der Waals surface area contributed by atoms with E-state index in [1.807, 2.05) is 17.8 Å². The Morgan fingerprint density at radius 2 is 1.06 bits per heavy atom. The Kier molecular flexibility index (Phi) is 5.17. The van der Waals surface area contributed by atoms with Gasteiger partial charge in [-0.15, -0.1) is 0 Å². The first-order valence-corrected chi connectivity index (χ1v) is 13.4. The monoisotopic (exact) mass is 492 g/mol. The molecule has 0 aromatic heterocycles. The Hall–Kier alpha value is -3.37. The molecular weight excluding hydrogens is 460 g/mol. The number of fused-ring (bicyclic) bond motifs is 4. The third kappa shape index (κ3) is 3.75. The van der Waals surface area contributed by atoms with Crippen LogP contribution in [0, 0.1) is 0 Å². The van der Waals surface area contributed by atoms with Crippen molar-refractivity contribution >= 4 is 34.5 Å². The van der Waals surface area contributed by atoms with Crippen molar-refractivity contribution < 1.29 is 4.74 Å². The van der Waals surface area contributed by atoms with E-state index in [1.54, 1.807) is 0 Å². The number of hydrogen-bond acceptors (Lipinski definition) is 4. The molecule has 0 N–H and O–H groups in total. The van der Waals surface area contributed by atoms with Gasteiger partial charge in [-0.2, -0.15) is 0 Å². The Bertz CT molecular complexity index is 1370. The molecule has 0 radical (unpaired) electrons. The van der Waals surface area contributed by atoms with Crippen LogP contribution in [-0.2, 0) is 0 Å². The van der Waals surface area contributed by atoms with Gasteiger partial charge in [0.05, 0.1) is 22.7 Å². The number of nitrogens with zero attached hydrogens (tertiary/aromatic N) is 2. The molecule has 4 heteroatoms. The Morgan fingerprint density at radius 1 is 0.528 bits per heavy atom. The van der Waals surface area contributed by atoms with Gasteiger partial charge in [0.1, 0.15) is 0 Å². The van der Waals surface area contributed by atoms with E-state index < -0.39 is 0 Å². The summed E-state index contributed by atoms with van der Waals surface area (Å²) < 4.78 is 6.43. The van der Waals surface area contributed by atoms with Crippen LogP contribution in [-0.4, -0.2) is 11.1 Å². The quantitative estimate of drug-likeness (QED) is 0.263. The number of anilines is 4. The van der Waals surface area contributed by atoms with Gasteiger partial charge in [0.2, 0.25) is 0 Å². The van der Waals surface area contributed by atoms with E-state index in [0.29, 0.717) is 0 Å². The predicted octanol–water partition coefficient (Wildman–Crippen LogP) is 9.80. The molecule has 0 unspecified atom stereocenters. The molecule has 182 valence electrons. The molecule has 2 aliphatic rings. The maximum Gasteiger partial charge on any atom is 0.151 e. The molecule has 0 saturated heterocycles. The van der Waals surface area contributed by atoms with Crippen molar-refractivity contribution in [2.24, 2.45) is 0 Å². The topological polar surface area (TPSA) is 15.7 Å². The summed E-state index contributed by atoms with van der Waals surface area (Å²) in [6.07, 6.45) is 0. The van der Waals surface area contributed by atoms with Crippen molar-refractivity contribution in [1.82, 2.24) is 0 Å². The summed E-state index contributed by atoms with van der Waals surface area (Å²) in [7, 11) is 0. The molecule has 4 aromatic carbocycles. The summed E-state index contributed by atoms with van der Waals surface area (Å²) in [4.78, 5) is 7.42. The van der Waals surface area contributed by atoms with Gasteiger partial charge in [-0.25, -0.2) is 0 Å². The minimum Gasteiger partial charge on any atom is -0.453 e. The second kappa shape index (κ2) is 8.07. The highest BCUT2D eigenvalue weighted by Gasteiger charge is 2.33. The highest BCUT2D eigenvalue weighted by Crippen LogP contribution is 2.53. The minimum absolute atomic E-state index is 0.0309. The van der Waals surface area contributed by atoms with E-state index >= 15 is 0 Å². The van der Waals surface area contributed by atoms with Crippen LogP contribution < -0.4 is 14.5 Å². The second-order valence-corrected chi connectivity index (χ2v) is 12.6. The van der Waals surface area contributed by atoms with Crippen molar-refractivity contribution in [3.8, 4) is 22.6 Å². The van der Waals surface area contributed by atoms with Gasteiger partial charge in [0.15, 0.2) is 11.5 Å². The van der Waals surface area contributed by atoms with E-state index in [0.717, 1.165) is 28.4 Å². The van der Waals surface area contributed by atoms with E-state index in [-0.39, 0.29) is 11.1 Å². The molecule has 2 heterocycles. The van der Waals surface area contributed by atoms with Crippen LogP contribution in [0.5, 0.6) is 11.5 Å². The summed E-state index contributed by atoms with van der Waals surface area (Å²) in [5.41, 5.74) is 6.99. The van der Waals surface area contributed by atoms with Crippen molar-refractivity contribution in [3.63, 3.8) is 0 Å². The lowest BCUT2D eigenvalue weighted by molar-refractivity contribution is 0.451. The predicted molar refractivity (Wildman–Crippen MR) is 153 cm³/mol. The Labute approximate surface area is 218 Å². The zero-order chi connectivity index (χ0) is 25.2. The molecule has 0 atom stereocenters. The van der Waals surface area contributed by atoms with Crippen molar-refractivity contribution in [2.75, 3.05) is 9.80 Å². The summed E-state index contributed by atoms with van der Waals surface area (Å²) >= 11 is 1.85. The summed E-state index contributed by atoms with van der Waals surface area (Å²) in [6, 6.07) is 30.5. The summed E-state index contributed by atoms with van der Waals surface area (Å²) in [6.45, 7) is 13.6. The average Bonchev–Trinajstić information content (AvgIpc) is 2.83. The van der Waals surface area contributed by atoms with Gasteiger partial charge < -0.3 is 14.5 Å². The SMILES string of the molecule is CC(C)(C)N1c2ccccc2Oc2cc(-c3ccc4c(c3)Sc3ccccc3N4C(C)(C)C)ccc21. The highest BCUT2D eigenvalue weighted by atomic mass is 32.2. The third-order valence-corrected chi connectivity index (χ3v) is 7.84. The van der Waals surface area contributed by atoms with Gasteiger partial charge in [-0.05, 0) is 101 Å². The lowest BCUT2D eigenvalue weighted by Gasteiger charge is -2.42. The van der Waals surface area contributed by atoms with Crippen LogP contribution in [0.4, 0.5) is 22.7 Å². The van der Waals surface area contributed by atoms with Gasteiger partial charge >= 0.3 is 0 Å². The maximum absolute atomic E-state index is 6.43. The smallest absolute Gasteiger partial charge is 0.151 e. The van der Waals surface area contributed by atoms with Crippen LogP contribution in [0.3, 0.4) is 0 Å². The van der Waals surface area contributed by atoms with E-state index in [4.69, 9.17) is 4.74 Å². The highest BCUT2D eigenvalue weighted by molar-refractivity contribution is 7.99. The molecule has 0 saturated carbocycles. The molecule has 0 bridgehead atoms. The fraction of sp³-hybridized carbons (Fsp3) is 0.250. The molecule has 4 aromatic rings. The van der Waals surface area contributed by atoms with Gasteiger partial charge in [-0.3, -0.25) is 0 Å². The number of rotatable bonds is 1. The standard InChI is InChI=1S/C32H32N2OS/c1-31(2,3)33-23-11-7-9-13-27(23)35-28-19-21(15-17-24(28)33)22-16-18-26-30(20-22)36-29-14-10-8-12-25(29)34(26)32(4,5)6/h7-20H,1-6H3. The lowest BCUT2D eigenvalue weighted by Crippen LogP contribution is -2.39. The van der Waals surface area contributed by atoms with Crippen LogP contribution in [0.2, 0.25) is 0 Å². The van der Waals surface area contributed by atoms with Crippen molar-refractivity contribution in [3.05, 3.63) is 84.9 Å². The van der Waals surface area contributed by atoms with Crippen LogP contribution in [0.25, 0.3) is 11.1 Å². The average molecular weight is 493 g/mol. The zero-order valence-electron chi connectivity index (χ0n) is 21.8. The van der Waals surface area contributed by atoms with E-state index in [9.17, 15) is 0 Å². The largest absolute Gasteiger partial charge is 0.453 e. The minimum atomic E-state index is -0.0809. The van der Waals surface area contributed by atoms with Crippen LogP contribution >= 0.6 is 11.8 Å². The van der Waals surface area contributed by atoms with Crippen molar-refractivity contribution in [2.45, 2.75) is 62.4 Å². The molecule has 36 heavy (non-hydrogen) atoms. The van der Waals surface area contributed by atoms with E-state index in [2.05, 4.69) is 130 Å². The molecular formula is C32H32N2OS. The van der Waals surface area contributed by atoms with Crippen LogP contribution in [0.1, 0.15) is 41.5 Å². The number of benzene rings is 4. The lowest BCUT2D eigenvalue weighted by atomic mass is 9.98. The summed E-state index contributed by atoms with van der Waals surface area (Å²) in [5, 5.41) is 0. The fourth-order valence-corrected chi connectivity index (χ4v) is 6.42. The summed E-state index contributed by atoms with van der Waals surface area (Å²) in [5.74, 6) is 1.80. The molecule has 0 amide bonds. The number of hydrogen-bond donors (Lipinski definition) is 0. The molecule has 3 nitrogen and oxygen atoms in total. The van der Waals surface area contributed by atoms with E-state index in [1.165, 1.54) is 26.7 Å². The zero-order valence-corrected chi connectivity index (χ0v) is 22.6. The third-order valence-electron chi connectivity index (χ3n) is 6.73. The normalized spacial score (nSPS) is 14.4. The molecule has 0 aliphatic carbocycles. The first kappa shape index (κ1) is 23.1. The first-order valence-electron chi connectivity index (χ1n) is 12.5. The Morgan fingerprint density at radius 3 is 1.78 bits per heavy atom. The molecule has 0 spiro atoms. The van der Waals surface area contributed by atoms with Gasteiger partial charge in [0.25, 0.3) is 0 Å². The molecule has 0 fully saturated rings. The van der Waals surface area contributed by atoms with Crippen LogP contribution in [0.15, 0.2) is 94.7 Å². The number of para-hydroxylation sites is 3. The fourth-order valence-electron chi connectivity index (χ4n) is 5.32.